The van der Waals surface area contributed by atoms with Crippen LogP contribution >= 0.6 is 0 Å². The zero-order valence-corrected chi connectivity index (χ0v) is 20.2. The van der Waals surface area contributed by atoms with Crippen LogP contribution in [0.15, 0.2) is 4.99 Å². The molecule has 13 N–H and O–H groups in total. The Morgan fingerprint density at radius 1 is 0.857 bits per heavy atom. The second kappa shape index (κ2) is 15.4. The molecule has 5 unspecified atom stereocenters. The number of guanidine groups is 1. The number of carboxylic acid groups (broad SMARTS) is 1. The van der Waals surface area contributed by atoms with Crippen LogP contribution in [-0.2, 0) is 24.0 Å². The second-order valence-electron chi connectivity index (χ2n) is 8.41. The van der Waals surface area contributed by atoms with E-state index in [1.54, 1.807) is 13.8 Å². The van der Waals surface area contributed by atoms with Crippen molar-refractivity contribution in [2.24, 2.45) is 33.8 Å². The van der Waals surface area contributed by atoms with Gasteiger partial charge in [-0.25, -0.2) is 4.79 Å². The summed E-state index contributed by atoms with van der Waals surface area (Å²) in [5.41, 5.74) is 21.2. The fraction of sp³-hybridized carbons (Fsp3) is 0.700. The molecule has 0 aliphatic rings. The summed E-state index contributed by atoms with van der Waals surface area (Å²) in [7, 11) is 0. The summed E-state index contributed by atoms with van der Waals surface area (Å²) in [6.45, 7) is 4.71. The smallest absolute Gasteiger partial charge is 0.326 e. The van der Waals surface area contributed by atoms with Gasteiger partial charge in [0.1, 0.15) is 24.2 Å². The van der Waals surface area contributed by atoms with E-state index in [0.29, 0.717) is 0 Å². The van der Waals surface area contributed by atoms with E-state index in [0.717, 1.165) is 0 Å². The molecule has 200 valence electrons. The Morgan fingerprint density at radius 3 is 1.89 bits per heavy atom. The SMILES string of the molecule is CC(C)C(NC(=O)C(CCC(N)=O)NC(=O)C(N)C(C)O)C(=O)NC(CCCN=C(N)N)C(=O)O. The molecule has 15 heteroatoms. The Balaban J connectivity index is 5.43. The molecule has 0 heterocycles. The van der Waals surface area contributed by atoms with Crippen molar-refractivity contribution in [2.75, 3.05) is 6.54 Å². The molecule has 0 bridgehead atoms. The van der Waals surface area contributed by atoms with Crippen LogP contribution in [0.25, 0.3) is 0 Å². The normalized spacial score (nSPS) is 15.1. The first-order valence-corrected chi connectivity index (χ1v) is 11.1. The average molecular weight is 503 g/mol. The highest BCUT2D eigenvalue weighted by molar-refractivity contribution is 5.94. The summed E-state index contributed by atoms with van der Waals surface area (Å²) in [5, 5.41) is 26.1. The van der Waals surface area contributed by atoms with E-state index in [2.05, 4.69) is 20.9 Å². The van der Waals surface area contributed by atoms with Crippen LogP contribution in [0, 0.1) is 5.92 Å². The van der Waals surface area contributed by atoms with Crippen molar-refractivity contribution < 1.29 is 34.2 Å². The number of carbonyl (C=O) groups excluding carboxylic acids is 4. The largest absolute Gasteiger partial charge is 0.480 e. The number of primary amides is 1. The zero-order valence-electron chi connectivity index (χ0n) is 20.2. The number of carbonyl (C=O) groups is 5. The zero-order chi connectivity index (χ0) is 27.3. The maximum Gasteiger partial charge on any atom is 0.326 e. The van der Waals surface area contributed by atoms with E-state index >= 15 is 0 Å². The molecule has 0 fully saturated rings. The molecule has 15 nitrogen and oxygen atoms in total. The summed E-state index contributed by atoms with van der Waals surface area (Å²) in [4.78, 5) is 64.4. The lowest BCUT2D eigenvalue weighted by Crippen LogP contribution is -2.59. The van der Waals surface area contributed by atoms with E-state index in [1.807, 2.05) is 0 Å². The van der Waals surface area contributed by atoms with Crippen molar-refractivity contribution in [1.82, 2.24) is 16.0 Å². The van der Waals surface area contributed by atoms with Crippen LogP contribution in [0.2, 0.25) is 0 Å². The highest BCUT2D eigenvalue weighted by Crippen LogP contribution is 2.07. The summed E-state index contributed by atoms with van der Waals surface area (Å²) in [6, 6.07) is -5.05. The molecule has 0 aliphatic heterocycles. The summed E-state index contributed by atoms with van der Waals surface area (Å²) >= 11 is 0. The van der Waals surface area contributed by atoms with E-state index in [9.17, 15) is 34.2 Å². The van der Waals surface area contributed by atoms with Crippen molar-refractivity contribution in [3.63, 3.8) is 0 Å². The van der Waals surface area contributed by atoms with Crippen LogP contribution in [-0.4, -0.2) is 82.6 Å². The van der Waals surface area contributed by atoms with Gasteiger partial charge in [-0.3, -0.25) is 24.2 Å². The lowest BCUT2D eigenvalue weighted by atomic mass is 10.0. The Bertz CT molecular complexity index is 783. The topological polar surface area (TPSA) is 278 Å². The lowest BCUT2D eigenvalue weighted by Gasteiger charge is -2.27. The van der Waals surface area contributed by atoms with Crippen molar-refractivity contribution in [1.29, 1.82) is 0 Å². The lowest BCUT2D eigenvalue weighted by molar-refractivity contribution is -0.142. The monoisotopic (exact) mass is 502 g/mol. The van der Waals surface area contributed by atoms with Gasteiger partial charge in [0.15, 0.2) is 5.96 Å². The number of nitrogens with two attached hydrogens (primary N) is 4. The molecule has 35 heavy (non-hydrogen) atoms. The first-order valence-electron chi connectivity index (χ1n) is 11.1. The van der Waals surface area contributed by atoms with Gasteiger partial charge >= 0.3 is 5.97 Å². The number of hydrogen-bond acceptors (Lipinski definition) is 8. The second-order valence-corrected chi connectivity index (χ2v) is 8.41. The van der Waals surface area contributed by atoms with Crippen LogP contribution in [0.1, 0.15) is 46.5 Å². The number of carboxylic acids is 1. The third-order valence-electron chi connectivity index (χ3n) is 4.94. The van der Waals surface area contributed by atoms with Crippen LogP contribution in [0.5, 0.6) is 0 Å². The van der Waals surface area contributed by atoms with Crippen LogP contribution < -0.4 is 38.9 Å². The molecule has 0 rings (SSSR count). The fourth-order valence-corrected chi connectivity index (χ4v) is 2.85. The molecule has 0 saturated heterocycles. The first kappa shape index (κ1) is 31.5. The molecule has 0 aromatic heterocycles. The molecule has 0 aromatic carbocycles. The average Bonchev–Trinajstić information content (AvgIpc) is 2.74. The molecule has 0 spiro atoms. The maximum atomic E-state index is 12.9. The number of nitrogens with one attached hydrogen (secondary N) is 3. The van der Waals surface area contributed by atoms with E-state index in [1.165, 1.54) is 6.92 Å². The Labute approximate surface area is 203 Å². The summed E-state index contributed by atoms with van der Waals surface area (Å²) in [6.07, 6.45) is -1.33. The van der Waals surface area contributed by atoms with Crippen LogP contribution in [0.4, 0.5) is 0 Å². The van der Waals surface area contributed by atoms with Gasteiger partial charge in [0.05, 0.1) is 6.10 Å². The standard InChI is InChI=1S/C20H38N8O7/c1-9(2)15(18(33)27-12(19(34)35)5-4-8-25-20(23)24)28-16(31)11(6-7-13(21)30)26-17(32)14(22)10(3)29/h9-12,14-15,29H,4-8,22H2,1-3H3,(H2,21,30)(H,26,32)(H,27,33)(H,28,31)(H,34,35)(H4,23,24,25). The van der Waals surface area contributed by atoms with Gasteiger partial charge in [0.2, 0.25) is 23.6 Å². The maximum absolute atomic E-state index is 12.9. The molecule has 0 saturated carbocycles. The minimum Gasteiger partial charge on any atom is -0.480 e. The van der Waals surface area contributed by atoms with Crippen molar-refractivity contribution in [3.05, 3.63) is 0 Å². The van der Waals surface area contributed by atoms with E-state index in [4.69, 9.17) is 22.9 Å². The minimum atomic E-state index is -1.33. The highest BCUT2D eigenvalue weighted by Gasteiger charge is 2.32. The Kier molecular flexibility index (Phi) is 13.9. The summed E-state index contributed by atoms with van der Waals surface area (Å²) < 4.78 is 0. The number of aliphatic hydroxyl groups excluding tert-OH is 1. The number of aliphatic imine (C=N–C) groups is 1. The number of hydrogen-bond donors (Lipinski definition) is 9. The quantitative estimate of drug-likeness (QED) is 0.0563. The van der Waals surface area contributed by atoms with Crippen LogP contribution in [0.3, 0.4) is 0 Å². The molecular formula is C20H38N8O7. The first-order chi connectivity index (χ1) is 16.2. The Morgan fingerprint density at radius 2 is 1.43 bits per heavy atom. The van der Waals surface area contributed by atoms with Gasteiger partial charge in [-0.1, -0.05) is 13.8 Å². The number of aliphatic carboxylic acids is 1. The van der Waals surface area contributed by atoms with E-state index in [-0.39, 0.29) is 38.2 Å². The number of aliphatic hydroxyl groups is 1. The van der Waals surface area contributed by atoms with Gasteiger partial charge < -0.3 is 49.1 Å². The molecule has 0 aliphatic carbocycles. The van der Waals surface area contributed by atoms with Crippen molar-refractivity contribution >= 4 is 35.6 Å². The molecule has 4 amide bonds. The predicted molar refractivity (Wildman–Crippen MR) is 126 cm³/mol. The summed E-state index contributed by atoms with van der Waals surface area (Å²) in [5.74, 6) is -5.04. The molecule has 0 aromatic rings. The van der Waals surface area contributed by atoms with Gasteiger partial charge in [-0.05, 0) is 32.1 Å². The third kappa shape index (κ3) is 12.5. The number of rotatable bonds is 16. The van der Waals surface area contributed by atoms with Crippen molar-refractivity contribution in [2.45, 2.75) is 76.7 Å². The van der Waals surface area contributed by atoms with Gasteiger partial charge in [0.25, 0.3) is 0 Å². The molecule has 5 atom stereocenters. The van der Waals surface area contributed by atoms with Crippen molar-refractivity contribution in [3.8, 4) is 0 Å². The Hall–Kier alpha value is -3.46. The number of nitrogens with zero attached hydrogens (tertiary/aromatic N) is 1. The van der Waals surface area contributed by atoms with Gasteiger partial charge in [0, 0.05) is 13.0 Å². The molecule has 0 radical (unpaired) electrons. The minimum absolute atomic E-state index is 0.0329. The fourth-order valence-electron chi connectivity index (χ4n) is 2.85. The van der Waals surface area contributed by atoms with E-state index < -0.39 is 65.8 Å². The van der Waals surface area contributed by atoms with Gasteiger partial charge in [-0.15, -0.1) is 0 Å². The highest BCUT2D eigenvalue weighted by atomic mass is 16.4. The number of amides is 4. The third-order valence-corrected chi connectivity index (χ3v) is 4.94. The molecular weight excluding hydrogens is 464 g/mol. The predicted octanol–water partition coefficient (Wildman–Crippen LogP) is -3.79. The van der Waals surface area contributed by atoms with Gasteiger partial charge in [-0.2, -0.15) is 0 Å².